The van der Waals surface area contributed by atoms with Gasteiger partial charge in [0.05, 0.1) is 24.7 Å². The molecule has 0 saturated heterocycles. The molecule has 0 atom stereocenters. The highest BCUT2D eigenvalue weighted by atomic mass is 35.5. The number of hydrogen-bond acceptors (Lipinski definition) is 3. The largest absolute Gasteiger partial charge is 0.466 e. The summed E-state index contributed by atoms with van der Waals surface area (Å²) in [6.07, 6.45) is -0.173. The SMILES string of the molecule is CCOC(=O)Cc1c(F)cc(C#N)cc1CCl. The van der Waals surface area contributed by atoms with E-state index in [0.717, 1.165) is 6.07 Å². The molecule has 0 saturated carbocycles. The predicted octanol–water partition coefficient (Wildman–Crippen LogP) is 2.54. The Labute approximate surface area is 104 Å². The van der Waals surface area contributed by atoms with Crippen LogP contribution in [-0.2, 0) is 21.8 Å². The van der Waals surface area contributed by atoms with E-state index in [1.165, 1.54) is 6.07 Å². The van der Waals surface area contributed by atoms with E-state index < -0.39 is 11.8 Å². The van der Waals surface area contributed by atoms with Crippen LogP contribution in [0.4, 0.5) is 4.39 Å². The van der Waals surface area contributed by atoms with E-state index in [9.17, 15) is 9.18 Å². The van der Waals surface area contributed by atoms with Gasteiger partial charge in [-0.3, -0.25) is 4.79 Å². The second-order valence-electron chi connectivity index (χ2n) is 3.32. The number of esters is 1. The molecule has 17 heavy (non-hydrogen) atoms. The standard InChI is InChI=1S/C12H11ClFNO2/c1-2-17-12(16)5-10-9(6-13)3-8(7-15)4-11(10)14/h3-4H,2,5-6H2,1H3. The van der Waals surface area contributed by atoms with Crippen molar-refractivity contribution >= 4 is 17.6 Å². The lowest BCUT2D eigenvalue weighted by atomic mass is 10.0. The monoisotopic (exact) mass is 255 g/mol. The molecule has 90 valence electrons. The minimum absolute atomic E-state index is 0.0428. The maximum Gasteiger partial charge on any atom is 0.310 e. The van der Waals surface area contributed by atoms with Gasteiger partial charge in [0.2, 0.25) is 0 Å². The van der Waals surface area contributed by atoms with Gasteiger partial charge < -0.3 is 4.74 Å². The molecular formula is C12H11ClFNO2. The van der Waals surface area contributed by atoms with Crippen molar-refractivity contribution in [2.24, 2.45) is 0 Å². The van der Waals surface area contributed by atoms with E-state index in [1.807, 2.05) is 6.07 Å². The van der Waals surface area contributed by atoms with Crippen LogP contribution in [0.2, 0.25) is 0 Å². The maximum absolute atomic E-state index is 13.7. The van der Waals surface area contributed by atoms with Crippen LogP contribution in [0.5, 0.6) is 0 Å². The number of alkyl halides is 1. The van der Waals surface area contributed by atoms with E-state index in [2.05, 4.69) is 0 Å². The third kappa shape index (κ3) is 3.43. The number of rotatable bonds is 4. The lowest BCUT2D eigenvalue weighted by Crippen LogP contribution is -2.11. The van der Waals surface area contributed by atoms with Crippen molar-refractivity contribution in [3.63, 3.8) is 0 Å². The van der Waals surface area contributed by atoms with Gasteiger partial charge in [0.15, 0.2) is 0 Å². The maximum atomic E-state index is 13.7. The first-order valence-electron chi connectivity index (χ1n) is 5.05. The number of halogens is 2. The first-order chi connectivity index (χ1) is 8.12. The molecule has 0 spiro atoms. The van der Waals surface area contributed by atoms with Gasteiger partial charge in [0.1, 0.15) is 5.82 Å². The van der Waals surface area contributed by atoms with Crippen LogP contribution < -0.4 is 0 Å². The summed E-state index contributed by atoms with van der Waals surface area (Å²) in [4.78, 5) is 11.3. The Kier molecular flexibility index (Phi) is 4.92. The average molecular weight is 256 g/mol. The molecular weight excluding hydrogens is 245 g/mol. The van der Waals surface area contributed by atoms with E-state index in [1.54, 1.807) is 6.92 Å². The molecule has 1 rings (SSSR count). The van der Waals surface area contributed by atoms with E-state index >= 15 is 0 Å². The van der Waals surface area contributed by atoms with E-state index in [4.69, 9.17) is 21.6 Å². The highest BCUT2D eigenvalue weighted by Gasteiger charge is 2.14. The second-order valence-corrected chi connectivity index (χ2v) is 3.59. The summed E-state index contributed by atoms with van der Waals surface area (Å²) in [5, 5.41) is 8.69. The Bertz CT molecular complexity index is 468. The van der Waals surface area contributed by atoms with Crippen LogP contribution in [0, 0.1) is 17.1 Å². The first-order valence-corrected chi connectivity index (χ1v) is 5.58. The number of hydrogen-bond donors (Lipinski definition) is 0. The van der Waals surface area contributed by atoms with Crippen LogP contribution in [0.3, 0.4) is 0 Å². The minimum atomic E-state index is -0.604. The lowest BCUT2D eigenvalue weighted by Gasteiger charge is -2.08. The summed E-state index contributed by atoms with van der Waals surface area (Å²) in [5.74, 6) is -1.07. The number of nitriles is 1. The van der Waals surface area contributed by atoms with Gasteiger partial charge in [0, 0.05) is 11.4 Å². The highest BCUT2D eigenvalue weighted by molar-refractivity contribution is 6.17. The Morgan fingerprint density at radius 1 is 1.59 bits per heavy atom. The molecule has 0 aliphatic heterocycles. The number of ether oxygens (including phenoxy) is 1. The smallest absolute Gasteiger partial charge is 0.310 e. The third-order valence-corrected chi connectivity index (χ3v) is 2.48. The third-order valence-electron chi connectivity index (χ3n) is 2.19. The van der Waals surface area contributed by atoms with Crippen LogP contribution in [0.15, 0.2) is 12.1 Å². The van der Waals surface area contributed by atoms with Gasteiger partial charge in [0.25, 0.3) is 0 Å². The number of carbonyl (C=O) groups is 1. The highest BCUT2D eigenvalue weighted by Crippen LogP contribution is 2.19. The van der Waals surface area contributed by atoms with Crippen LogP contribution >= 0.6 is 11.6 Å². The van der Waals surface area contributed by atoms with Crippen molar-refractivity contribution in [2.45, 2.75) is 19.2 Å². The molecule has 0 aliphatic rings. The van der Waals surface area contributed by atoms with Crippen molar-refractivity contribution in [2.75, 3.05) is 6.61 Å². The zero-order chi connectivity index (χ0) is 12.8. The topological polar surface area (TPSA) is 50.1 Å². The summed E-state index contributed by atoms with van der Waals surface area (Å²) >= 11 is 5.67. The van der Waals surface area contributed by atoms with Crippen molar-refractivity contribution in [3.05, 3.63) is 34.6 Å². The Hall–Kier alpha value is -1.60. The molecule has 1 aromatic carbocycles. The molecule has 0 N–H and O–H groups in total. The van der Waals surface area contributed by atoms with Gasteiger partial charge in [-0.05, 0) is 24.6 Å². The molecule has 1 aromatic rings. The number of benzene rings is 1. The van der Waals surface area contributed by atoms with E-state index in [-0.39, 0.29) is 30.0 Å². The minimum Gasteiger partial charge on any atom is -0.466 e. The fraction of sp³-hybridized carbons (Fsp3) is 0.333. The van der Waals surface area contributed by atoms with E-state index in [0.29, 0.717) is 5.56 Å². The molecule has 0 radical (unpaired) electrons. The number of nitrogens with zero attached hydrogens (tertiary/aromatic N) is 1. The quantitative estimate of drug-likeness (QED) is 0.614. The summed E-state index contributed by atoms with van der Waals surface area (Å²) < 4.78 is 18.4. The molecule has 5 heteroatoms. The number of carbonyl (C=O) groups excluding carboxylic acids is 1. The van der Waals surface area contributed by atoms with Crippen molar-refractivity contribution in [1.29, 1.82) is 5.26 Å². The lowest BCUT2D eigenvalue weighted by molar-refractivity contribution is -0.142. The van der Waals surface area contributed by atoms with Gasteiger partial charge in [-0.25, -0.2) is 4.39 Å². The van der Waals surface area contributed by atoms with Gasteiger partial charge in [-0.1, -0.05) is 0 Å². The summed E-state index contributed by atoms with van der Waals surface area (Å²) in [6.45, 7) is 1.92. The van der Waals surface area contributed by atoms with Gasteiger partial charge in [-0.2, -0.15) is 5.26 Å². The second kappa shape index (κ2) is 6.21. The van der Waals surface area contributed by atoms with Crippen LogP contribution in [-0.4, -0.2) is 12.6 Å². The molecule has 0 heterocycles. The van der Waals surface area contributed by atoms with Crippen molar-refractivity contribution in [3.8, 4) is 6.07 Å². The molecule has 0 bridgehead atoms. The van der Waals surface area contributed by atoms with Crippen molar-refractivity contribution in [1.82, 2.24) is 0 Å². The predicted molar refractivity (Wildman–Crippen MR) is 61.0 cm³/mol. The first kappa shape index (κ1) is 13.5. The summed E-state index contributed by atoms with van der Waals surface area (Å²) in [7, 11) is 0. The summed E-state index contributed by atoms with van der Waals surface area (Å²) in [5.41, 5.74) is 0.819. The molecule has 0 aliphatic carbocycles. The van der Waals surface area contributed by atoms with Crippen LogP contribution in [0.1, 0.15) is 23.6 Å². The Morgan fingerprint density at radius 2 is 2.29 bits per heavy atom. The molecule has 0 unspecified atom stereocenters. The fourth-order valence-electron chi connectivity index (χ4n) is 1.43. The van der Waals surface area contributed by atoms with Gasteiger partial charge in [-0.15, -0.1) is 11.6 Å². The molecule has 0 amide bonds. The molecule has 0 aromatic heterocycles. The zero-order valence-electron chi connectivity index (χ0n) is 9.30. The zero-order valence-corrected chi connectivity index (χ0v) is 10.1. The molecule has 3 nitrogen and oxygen atoms in total. The fourth-order valence-corrected chi connectivity index (χ4v) is 1.67. The van der Waals surface area contributed by atoms with Gasteiger partial charge >= 0.3 is 5.97 Å². The Balaban J connectivity index is 3.06. The summed E-state index contributed by atoms with van der Waals surface area (Å²) in [6, 6.07) is 4.40. The normalized spacial score (nSPS) is 9.76. The average Bonchev–Trinajstić information content (AvgIpc) is 2.31. The van der Waals surface area contributed by atoms with Crippen molar-refractivity contribution < 1.29 is 13.9 Å². The Morgan fingerprint density at radius 3 is 2.82 bits per heavy atom. The molecule has 0 fully saturated rings. The van der Waals surface area contributed by atoms with Crippen LogP contribution in [0.25, 0.3) is 0 Å².